The summed E-state index contributed by atoms with van der Waals surface area (Å²) < 4.78 is 32.8. The molecule has 0 radical (unpaired) electrons. The van der Waals surface area contributed by atoms with Gasteiger partial charge in [-0.25, -0.2) is 8.42 Å². The van der Waals surface area contributed by atoms with E-state index in [-0.39, 0.29) is 22.8 Å². The lowest BCUT2D eigenvalue weighted by Gasteiger charge is -2.13. The third-order valence-corrected chi connectivity index (χ3v) is 6.10. The fourth-order valence-electron chi connectivity index (χ4n) is 3.13. The van der Waals surface area contributed by atoms with Gasteiger partial charge in [-0.05, 0) is 43.7 Å². The van der Waals surface area contributed by atoms with Gasteiger partial charge in [0.15, 0.2) is 0 Å². The number of sulfonamides is 1. The van der Waals surface area contributed by atoms with Gasteiger partial charge in [0.25, 0.3) is 11.5 Å². The van der Waals surface area contributed by atoms with E-state index >= 15 is 0 Å². The molecule has 1 aromatic heterocycles. The molecule has 3 aromatic rings. The van der Waals surface area contributed by atoms with Gasteiger partial charge in [0.05, 0.1) is 25.1 Å². The van der Waals surface area contributed by atoms with Crippen LogP contribution in [0.1, 0.15) is 28.4 Å². The molecule has 9 heteroatoms. The minimum Gasteiger partial charge on any atom is -0.494 e. The van der Waals surface area contributed by atoms with E-state index < -0.39 is 21.5 Å². The number of anilines is 2. The van der Waals surface area contributed by atoms with Crippen LogP contribution in [0.15, 0.2) is 65.6 Å². The first-order chi connectivity index (χ1) is 15.2. The Bertz CT molecular complexity index is 1300. The summed E-state index contributed by atoms with van der Waals surface area (Å²) in [5, 5.41) is 2.67. The average Bonchev–Trinajstić information content (AvgIpc) is 2.76. The Morgan fingerprint density at radius 3 is 2.56 bits per heavy atom. The molecule has 0 saturated carbocycles. The molecule has 2 N–H and O–H groups in total. The predicted octanol–water partition coefficient (Wildman–Crippen LogP) is 3.23. The Labute approximate surface area is 186 Å². The largest absolute Gasteiger partial charge is 0.494 e. The standard InChI is InChI=1S/C23H25N3O5S/c1-4-32(29,30)25-20-11-10-18(14-21(20)31-3)24-22(27)19-9-6-12-26(23(19)28)15-17-8-5-7-16(2)13-17/h5-14,25H,4,15H2,1-3H3,(H,24,27). The van der Waals surface area contributed by atoms with E-state index in [0.717, 1.165) is 11.1 Å². The van der Waals surface area contributed by atoms with Crippen LogP contribution < -0.4 is 20.3 Å². The molecule has 8 nitrogen and oxygen atoms in total. The van der Waals surface area contributed by atoms with E-state index in [2.05, 4.69) is 10.0 Å². The van der Waals surface area contributed by atoms with Gasteiger partial charge in [-0.1, -0.05) is 29.8 Å². The fraction of sp³-hybridized carbons (Fsp3) is 0.217. The quantitative estimate of drug-likeness (QED) is 0.542. The normalized spacial score (nSPS) is 11.1. The molecule has 0 unspecified atom stereocenters. The number of hydrogen-bond acceptors (Lipinski definition) is 5. The van der Waals surface area contributed by atoms with Crippen molar-refractivity contribution in [1.29, 1.82) is 0 Å². The van der Waals surface area contributed by atoms with E-state index in [4.69, 9.17) is 4.74 Å². The molecule has 32 heavy (non-hydrogen) atoms. The molecule has 0 aliphatic carbocycles. The number of hydrogen-bond donors (Lipinski definition) is 2. The highest BCUT2D eigenvalue weighted by Gasteiger charge is 2.15. The molecular weight excluding hydrogens is 430 g/mol. The summed E-state index contributed by atoms with van der Waals surface area (Å²) in [5.41, 5.74) is 2.25. The van der Waals surface area contributed by atoms with Crippen molar-refractivity contribution >= 4 is 27.3 Å². The van der Waals surface area contributed by atoms with Crippen molar-refractivity contribution in [2.24, 2.45) is 0 Å². The predicted molar refractivity (Wildman–Crippen MR) is 125 cm³/mol. The third kappa shape index (κ3) is 5.55. The van der Waals surface area contributed by atoms with Crippen molar-refractivity contribution in [3.05, 3.63) is 87.8 Å². The van der Waals surface area contributed by atoms with Gasteiger partial charge in [0.2, 0.25) is 10.0 Å². The SMILES string of the molecule is CCS(=O)(=O)Nc1ccc(NC(=O)c2cccn(Cc3cccc(C)c3)c2=O)cc1OC. The van der Waals surface area contributed by atoms with Gasteiger partial charge in [-0.15, -0.1) is 0 Å². The molecule has 0 spiro atoms. The van der Waals surface area contributed by atoms with Crippen LogP contribution >= 0.6 is 0 Å². The van der Waals surface area contributed by atoms with Gasteiger partial charge in [0, 0.05) is 18.0 Å². The van der Waals surface area contributed by atoms with Crippen LogP contribution in [-0.4, -0.2) is 31.8 Å². The van der Waals surface area contributed by atoms with Crippen molar-refractivity contribution in [3.63, 3.8) is 0 Å². The lowest BCUT2D eigenvalue weighted by Crippen LogP contribution is -2.29. The molecule has 3 rings (SSSR count). The Morgan fingerprint density at radius 1 is 1.09 bits per heavy atom. The number of ether oxygens (including phenoxy) is 1. The first-order valence-electron chi connectivity index (χ1n) is 9.97. The highest BCUT2D eigenvalue weighted by atomic mass is 32.2. The first-order valence-corrected chi connectivity index (χ1v) is 11.6. The smallest absolute Gasteiger partial charge is 0.263 e. The molecule has 1 heterocycles. The second kappa shape index (κ2) is 9.69. The lowest BCUT2D eigenvalue weighted by molar-refractivity contribution is 0.102. The fourth-order valence-corrected chi connectivity index (χ4v) is 3.78. The summed E-state index contributed by atoms with van der Waals surface area (Å²) in [7, 11) is -2.09. The van der Waals surface area contributed by atoms with Crippen molar-refractivity contribution < 1.29 is 17.9 Å². The summed E-state index contributed by atoms with van der Waals surface area (Å²) in [5.74, 6) is -0.417. The molecule has 0 saturated heterocycles. The molecule has 0 aliphatic rings. The van der Waals surface area contributed by atoms with Crippen molar-refractivity contribution in [3.8, 4) is 5.75 Å². The van der Waals surface area contributed by atoms with E-state index in [9.17, 15) is 18.0 Å². The second-order valence-corrected chi connectivity index (χ2v) is 9.23. The van der Waals surface area contributed by atoms with Gasteiger partial charge in [0.1, 0.15) is 11.3 Å². The number of nitrogens with one attached hydrogen (secondary N) is 2. The Kier molecular flexibility index (Phi) is 6.99. The lowest BCUT2D eigenvalue weighted by atomic mass is 10.1. The van der Waals surface area contributed by atoms with E-state index in [1.165, 1.54) is 42.9 Å². The van der Waals surface area contributed by atoms with Crippen molar-refractivity contribution in [2.75, 3.05) is 22.9 Å². The Balaban J connectivity index is 1.82. The highest BCUT2D eigenvalue weighted by Crippen LogP contribution is 2.29. The van der Waals surface area contributed by atoms with Crippen molar-refractivity contribution in [1.82, 2.24) is 4.57 Å². The molecule has 0 atom stereocenters. The highest BCUT2D eigenvalue weighted by molar-refractivity contribution is 7.92. The zero-order chi connectivity index (χ0) is 23.3. The summed E-state index contributed by atoms with van der Waals surface area (Å²) in [6, 6.07) is 15.4. The van der Waals surface area contributed by atoms with E-state index in [1.807, 2.05) is 31.2 Å². The molecule has 1 amide bonds. The van der Waals surface area contributed by atoms with Crippen LogP contribution in [0, 0.1) is 6.92 Å². The maximum absolute atomic E-state index is 12.9. The molecule has 0 aliphatic heterocycles. The van der Waals surface area contributed by atoms with E-state index in [0.29, 0.717) is 12.2 Å². The number of amides is 1. The molecule has 168 valence electrons. The van der Waals surface area contributed by atoms with Crippen molar-refractivity contribution in [2.45, 2.75) is 20.4 Å². The molecule has 2 aromatic carbocycles. The second-order valence-electron chi connectivity index (χ2n) is 7.22. The van der Waals surface area contributed by atoms with Gasteiger partial charge < -0.3 is 14.6 Å². The number of rotatable bonds is 8. The maximum atomic E-state index is 12.9. The average molecular weight is 456 g/mol. The van der Waals surface area contributed by atoms with Crippen LogP contribution in [-0.2, 0) is 16.6 Å². The zero-order valence-corrected chi connectivity index (χ0v) is 18.9. The summed E-state index contributed by atoms with van der Waals surface area (Å²) in [6.07, 6.45) is 1.64. The van der Waals surface area contributed by atoms with Crippen LogP contribution in [0.4, 0.5) is 11.4 Å². The zero-order valence-electron chi connectivity index (χ0n) is 18.1. The number of nitrogens with zero attached hydrogens (tertiary/aromatic N) is 1. The summed E-state index contributed by atoms with van der Waals surface area (Å²) in [4.78, 5) is 25.6. The van der Waals surface area contributed by atoms with Gasteiger partial charge >= 0.3 is 0 Å². The number of pyridine rings is 1. The number of carbonyl (C=O) groups excluding carboxylic acids is 1. The number of aryl methyl sites for hydroxylation is 1. The van der Waals surface area contributed by atoms with Crippen LogP contribution in [0.2, 0.25) is 0 Å². The minimum absolute atomic E-state index is 0.00474. The topological polar surface area (TPSA) is 107 Å². The third-order valence-electron chi connectivity index (χ3n) is 4.81. The molecule has 0 bridgehead atoms. The van der Waals surface area contributed by atoms with E-state index in [1.54, 1.807) is 12.3 Å². The number of carbonyl (C=O) groups is 1. The molecular formula is C23H25N3O5S. The monoisotopic (exact) mass is 455 g/mol. The summed E-state index contributed by atoms with van der Waals surface area (Å²) in [6.45, 7) is 3.85. The maximum Gasteiger partial charge on any atom is 0.263 e. The Hall–Kier alpha value is -3.59. The first kappa shape index (κ1) is 23.1. The van der Waals surface area contributed by atoms with Gasteiger partial charge in [-0.3, -0.25) is 14.3 Å². The Morgan fingerprint density at radius 2 is 1.88 bits per heavy atom. The number of aromatic nitrogens is 1. The van der Waals surface area contributed by atoms with Crippen LogP contribution in [0.5, 0.6) is 5.75 Å². The number of benzene rings is 2. The van der Waals surface area contributed by atoms with Crippen LogP contribution in [0.25, 0.3) is 0 Å². The number of methoxy groups -OCH3 is 1. The van der Waals surface area contributed by atoms with Gasteiger partial charge in [-0.2, -0.15) is 0 Å². The summed E-state index contributed by atoms with van der Waals surface area (Å²) >= 11 is 0. The minimum atomic E-state index is -3.48. The van der Waals surface area contributed by atoms with Crippen LogP contribution in [0.3, 0.4) is 0 Å². The molecule has 0 fully saturated rings.